The highest BCUT2D eigenvalue weighted by Crippen LogP contribution is 2.24. The van der Waals surface area contributed by atoms with Crippen LogP contribution in [0.15, 0.2) is 24.3 Å². The molecule has 0 atom stereocenters. The number of esters is 1. The van der Waals surface area contributed by atoms with E-state index in [1.807, 2.05) is 24.3 Å². The van der Waals surface area contributed by atoms with Crippen LogP contribution in [0.25, 0.3) is 0 Å². The van der Waals surface area contributed by atoms with E-state index in [0.29, 0.717) is 17.9 Å². The summed E-state index contributed by atoms with van der Waals surface area (Å²) >= 11 is 0. The average molecular weight is 293 g/mol. The summed E-state index contributed by atoms with van der Waals surface area (Å²) in [6.45, 7) is -0.0652. The summed E-state index contributed by atoms with van der Waals surface area (Å²) < 4.78 is 15.2. The number of hydrogen-bond acceptors (Lipinski definition) is 5. The van der Waals surface area contributed by atoms with Crippen LogP contribution in [0.1, 0.15) is 25.7 Å². The van der Waals surface area contributed by atoms with Crippen molar-refractivity contribution in [3.8, 4) is 5.75 Å². The van der Waals surface area contributed by atoms with Gasteiger partial charge >= 0.3 is 5.97 Å². The highest BCUT2D eigenvalue weighted by Gasteiger charge is 2.20. The third kappa shape index (κ3) is 4.93. The predicted molar refractivity (Wildman–Crippen MR) is 80.6 cm³/mol. The molecule has 0 aliphatic heterocycles. The minimum absolute atomic E-state index is 0.0652. The van der Waals surface area contributed by atoms with Crippen LogP contribution in [0.3, 0.4) is 0 Å². The minimum atomic E-state index is -0.382. The fraction of sp³-hybridized carbons (Fsp3) is 0.562. The van der Waals surface area contributed by atoms with Gasteiger partial charge in [0.15, 0.2) is 6.61 Å². The Morgan fingerprint density at radius 2 is 1.81 bits per heavy atom. The van der Waals surface area contributed by atoms with E-state index in [2.05, 4.69) is 10.1 Å². The molecule has 0 bridgehead atoms. The molecule has 116 valence electrons. The Balaban J connectivity index is 1.78. The molecule has 5 nitrogen and oxygen atoms in total. The summed E-state index contributed by atoms with van der Waals surface area (Å²) in [5.41, 5.74) is 1.07. The van der Waals surface area contributed by atoms with E-state index in [1.165, 1.54) is 7.11 Å². The molecular formula is C16H23NO4. The Labute approximate surface area is 125 Å². The Bertz CT molecular complexity index is 438. The molecule has 0 saturated heterocycles. The molecule has 0 spiro atoms. The summed E-state index contributed by atoms with van der Waals surface area (Å²) in [6, 6.07) is 8.14. The van der Waals surface area contributed by atoms with Gasteiger partial charge < -0.3 is 19.5 Å². The molecule has 1 aliphatic carbocycles. The molecule has 1 aromatic carbocycles. The van der Waals surface area contributed by atoms with Gasteiger partial charge in [0.1, 0.15) is 5.75 Å². The van der Waals surface area contributed by atoms with Crippen molar-refractivity contribution in [2.24, 2.45) is 0 Å². The maximum Gasteiger partial charge on any atom is 0.343 e. The van der Waals surface area contributed by atoms with Crippen LogP contribution in [0.2, 0.25) is 0 Å². The zero-order valence-electron chi connectivity index (χ0n) is 12.6. The van der Waals surface area contributed by atoms with Gasteiger partial charge in [-0.2, -0.15) is 0 Å². The number of anilines is 1. The third-order valence-electron chi connectivity index (χ3n) is 3.82. The van der Waals surface area contributed by atoms with Crippen molar-refractivity contribution in [1.82, 2.24) is 0 Å². The molecule has 0 aromatic heterocycles. The lowest BCUT2D eigenvalue weighted by Crippen LogP contribution is -2.29. The first-order valence-corrected chi connectivity index (χ1v) is 7.30. The Hall–Kier alpha value is -1.75. The van der Waals surface area contributed by atoms with Gasteiger partial charge in [-0.25, -0.2) is 4.79 Å². The molecule has 1 aromatic rings. The summed E-state index contributed by atoms with van der Waals surface area (Å²) in [5.74, 6) is 0.279. The molecule has 2 rings (SSSR count). The monoisotopic (exact) mass is 293 g/mol. The topological polar surface area (TPSA) is 56.8 Å². The second-order valence-corrected chi connectivity index (χ2v) is 5.24. The number of carbonyl (C=O) groups is 1. The van der Waals surface area contributed by atoms with Crippen molar-refractivity contribution in [1.29, 1.82) is 0 Å². The smallest absolute Gasteiger partial charge is 0.343 e. The molecule has 0 heterocycles. The lowest BCUT2D eigenvalue weighted by Gasteiger charge is -2.28. The number of ether oxygens (including phenoxy) is 3. The molecule has 1 N–H and O–H groups in total. The second kappa shape index (κ2) is 7.88. The number of methoxy groups -OCH3 is 2. The largest absolute Gasteiger partial charge is 0.482 e. The fourth-order valence-electron chi connectivity index (χ4n) is 2.53. The van der Waals surface area contributed by atoms with E-state index < -0.39 is 0 Å². The molecule has 1 saturated carbocycles. The molecule has 0 radical (unpaired) electrons. The molecule has 1 aliphatic rings. The standard InChI is InChI=1S/C16H23NO4/c1-19-14-7-3-12(4-8-14)17-13-5-9-15(10-6-13)21-11-16(18)20-2/h5-6,9-10,12,14,17H,3-4,7-8,11H2,1-2H3. The van der Waals surface area contributed by atoms with E-state index in [-0.39, 0.29) is 12.6 Å². The lowest BCUT2D eigenvalue weighted by atomic mass is 9.93. The van der Waals surface area contributed by atoms with Crippen molar-refractivity contribution in [2.75, 3.05) is 26.1 Å². The summed E-state index contributed by atoms with van der Waals surface area (Å²) in [4.78, 5) is 11.0. The molecule has 0 unspecified atom stereocenters. The SMILES string of the molecule is COC(=O)COc1ccc(NC2CCC(OC)CC2)cc1. The van der Waals surface area contributed by atoms with Crippen molar-refractivity contribution in [3.05, 3.63) is 24.3 Å². The average Bonchev–Trinajstić information content (AvgIpc) is 2.54. The molecule has 5 heteroatoms. The van der Waals surface area contributed by atoms with Crippen LogP contribution >= 0.6 is 0 Å². The first-order chi connectivity index (χ1) is 10.2. The number of rotatable bonds is 6. The van der Waals surface area contributed by atoms with E-state index >= 15 is 0 Å². The summed E-state index contributed by atoms with van der Waals surface area (Å²) in [6.07, 6.45) is 4.87. The quantitative estimate of drug-likeness (QED) is 0.817. The van der Waals surface area contributed by atoms with Crippen molar-refractivity contribution >= 4 is 11.7 Å². The highest BCUT2D eigenvalue weighted by molar-refractivity contribution is 5.70. The van der Waals surface area contributed by atoms with Crippen LogP contribution < -0.4 is 10.1 Å². The summed E-state index contributed by atoms with van der Waals surface area (Å²) in [7, 11) is 3.13. The number of hydrogen-bond donors (Lipinski definition) is 1. The van der Waals surface area contributed by atoms with Crippen LogP contribution in [0, 0.1) is 0 Å². The minimum Gasteiger partial charge on any atom is -0.482 e. The zero-order chi connectivity index (χ0) is 15.1. The van der Waals surface area contributed by atoms with E-state index in [4.69, 9.17) is 9.47 Å². The van der Waals surface area contributed by atoms with Crippen molar-refractivity contribution in [3.63, 3.8) is 0 Å². The van der Waals surface area contributed by atoms with E-state index in [9.17, 15) is 4.79 Å². The second-order valence-electron chi connectivity index (χ2n) is 5.24. The van der Waals surface area contributed by atoms with Crippen LogP contribution in [-0.2, 0) is 14.3 Å². The first-order valence-electron chi connectivity index (χ1n) is 7.30. The van der Waals surface area contributed by atoms with Gasteiger partial charge in [-0.15, -0.1) is 0 Å². The normalized spacial score (nSPS) is 21.6. The summed E-state index contributed by atoms with van der Waals surface area (Å²) in [5, 5.41) is 3.53. The van der Waals surface area contributed by atoms with Gasteiger partial charge in [-0.05, 0) is 49.9 Å². The van der Waals surface area contributed by atoms with Gasteiger partial charge in [-0.3, -0.25) is 0 Å². The van der Waals surface area contributed by atoms with Gasteiger partial charge in [0.2, 0.25) is 0 Å². The zero-order valence-corrected chi connectivity index (χ0v) is 12.6. The lowest BCUT2D eigenvalue weighted by molar-refractivity contribution is -0.142. The Kier molecular flexibility index (Phi) is 5.87. The molecule has 21 heavy (non-hydrogen) atoms. The number of nitrogens with one attached hydrogen (secondary N) is 1. The molecular weight excluding hydrogens is 270 g/mol. The number of benzene rings is 1. The van der Waals surface area contributed by atoms with Gasteiger partial charge in [0.05, 0.1) is 13.2 Å². The maximum absolute atomic E-state index is 11.0. The Morgan fingerprint density at radius 3 is 2.38 bits per heavy atom. The maximum atomic E-state index is 11.0. The third-order valence-corrected chi connectivity index (χ3v) is 3.82. The van der Waals surface area contributed by atoms with E-state index in [0.717, 1.165) is 31.4 Å². The highest BCUT2D eigenvalue weighted by atomic mass is 16.6. The van der Waals surface area contributed by atoms with Gasteiger partial charge in [-0.1, -0.05) is 0 Å². The van der Waals surface area contributed by atoms with Crippen LogP contribution in [0.5, 0.6) is 5.75 Å². The molecule has 1 fully saturated rings. The van der Waals surface area contributed by atoms with Crippen molar-refractivity contribution < 1.29 is 19.0 Å². The first kappa shape index (κ1) is 15.6. The fourth-order valence-corrected chi connectivity index (χ4v) is 2.53. The van der Waals surface area contributed by atoms with Gasteiger partial charge in [0.25, 0.3) is 0 Å². The van der Waals surface area contributed by atoms with E-state index in [1.54, 1.807) is 7.11 Å². The molecule has 0 amide bonds. The number of carbonyl (C=O) groups excluding carboxylic acids is 1. The van der Waals surface area contributed by atoms with Crippen molar-refractivity contribution in [2.45, 2.75) is 37.8 Å². The Morgan fingerprint density at radius 1 is 1.14 bits per heavy atom. The van der Waals surface area contributed by atoms with Crippen LogP contribution in [0.4, 0.5) is 5.69 Å². The predicted octanol–water partition coefficient (Wildman–Crippen LogP) is 2.61. The van der Waals surface area contributed by atoms with Gasteiger partial charge in [0, 0.05) is 18.8 Å². The van der Waals surface area contributed by atoms with Crippen LogP contribution in [-0.4, -0.2) is 38.9 Å².